The number of likely N-dealkylation sites (tertiary alicyclic amines) is 2. The van der Waals surface area contributed by atoms with Gasteiger partial charge >= 0.3 is 0 Å². The highest BCUT2D eigenvalue weighted by atomic mass is 32.1. The van der Waals surface area contributed by atoms with Crippen LogP contribution in [0, 0.1) is 18.8 Å². The van der Waals surface area contributed by atoms with Crippen LogP contribution in [0.25, 0.3) is 6.08 Å². The van der Waals surface area contributed by atoms with Gasteiger partial charge in [-0.3, -0.25) is 4.90 Å². The molecule has 4 rings (SSSR count). The van der Waals surface area contributed by atoms with Gasteiger partial charge < -0.3 is 15.1 Å². The number of alkyl halides is 2. The number of hydrogen-bond acceptors (Lipinski definition) is 7. The summed E-state index contributed by atoms with van der Waals surface area (Å²) in [7, 11) is 2.08. The number of nitrogens with one attached hydrogen (secondary N) is 1. The zero-order chi connectivity index (χ0) is 34.9. The maximum absolute atomic E-state index is 15.8. The molecule has 9 heteroatoms. The Bertz CT molecular complexity index is 1390. The molecule has 264 valence electrons. The van der Waals surface area contributed by atoms with Crippen LogP contribution in [0.1, 0.15) is 88.2 Å². The third kappa shape index (κ3) is 9.91. The highest BCUT2D eigenvalue weighted by Crippen LogP contribution is 2.42. The summed E-state index contributed by atoms with van der Waals surface area (Å²) in [6, 6.07) is 6.91. The lowest BCUT2D eigenvalue weighted by Gasteiger charge is -2.40. The first-order valence-electron chi connectivity index (χ1n) is 17.8. The van der Waals surface area contributed by atoms with Crippen molar-refractivity contribution in [1.82, 2.24) is 19.8 Å². The molecule has 2 fully saturated rings. The molecule has 0 amide bonds. The van der Waals surface area contributed by atoms with E-state index in [0.717, 1.165) is 88.3 Å². The summed E-state index contributed by atoms with van der Waals surface area (Å²) in [4.78, 5) is 16.5. The molecular weight excluding hydrogens is 623 g/mol. The number of allylic oxidation sites excluding steroid dienone is 3. The van der Waals surface area contributed by atoms with Crippen LogP contribution in [-0.4, -0.2) is 71.0 Å². The molecule has 3 heterocycles. The molecule has 1 N–H and O–H groups in total. The number of nitrogens with zero attached hydrogens (tertiary/aromatic N) is 5. The first kappa shape index (κ1) is 38.1. The lowest BCUT2D eigenvalue weighted by Crippen LogP contribution is -2.44. The largest absolute Gasteiger partial charge is 0.365 e. The van der Waals surface area contributed by atoms with Crippen molar-refractivity contribution in [3.63, 3.8) is 0 Å². The fourth-order valence-electron chi connectivity index (χ4n) is 7.06. The Hall–Kier alpha value is -2.75. The Morgan fingerprint density at radius 1 is 1.08 bits per heavy atom. The number of hydrogen-bond donors (Lipinski definition) is 2. The van der Waals surface area contributed by atoms with E-state index in [-0.39, 0.29) is 10.4 Å². The molecular formula is C39H58F2N6S. The van der Waals surface area contributed by atoms with Gasteiger partial charge in [-0.25, -0.2) is 18.7 Å². The van der Waals surface area contributed by atoms with Gasteiger partial charge in [0.05, 0.1) is 10.4 Å². The van der Waals surface area contributed by atoms with Gasteiger partial charge in [0.25, 0.3) is 5.92 Å². The third-order valence-electron chi connectivity index (χ3n) is 10.2. The molecule has 2 aliphatic rings. The van der Waals surface area contributed by atoms with Gasteiger partial charge in [0.1, 0.15) is 17.5 Å². The topological polar surface area (TPSA) is 47.5 Å². The Kier molecular flexibility index (Phi) is 13.7. The minimum absolute atomic E-state index is 0.0976. The fraction of sp³-hybridized carbons (Fsp3) is 0.590. The summed E-state index contributed by atoms with van der Waals surface area (Å²) in [5.74, 6) is -0.933. The van der Waals surface area contributed by atoms with Gasteiger partial charge in [0, 0.05) is 44.7 Å². The molecule has 6 nitrogen and oxygen atoms in total. The molecule has 0 unspecified atom stereocenters. The van der Waals surface area contributed by atoms with Gasteiger partial charge in [-0.1, -0.05) is 43.9 Å². The van der Waals surface area contributed by atoms with Crippen molar-refractivity contribution in [2.24, 2.45) is 11.8 Å². The van der Waals surface area contributed by atoms with E-state index < -0.39 is 11.8 Å². The lowest BCUT2D eigenvalue weighted by atomic mass is 9.86. The number of thiol groups is 1. The van der Waals surface area contributed by atoms with Crippen LogP contribution in [0.4, 0.5) is 20.4 Å². The second-order valence-electron chi connectivity index (χ2n) is 14.1. The number of halogens is 2. The van der Waals surface area contributed by atoms with Gasteiger partial charge in [0.2, 0.25) is 0 Å². The molecule has 2 aromatic rings. The van der Waals surface area contributed by atoms with Gasteiger partial charge in [-0.15, -0.1) is 6.58 Å². The molecule has 0 aliphatic carbocycles. The second-order valence-corrected chi connectivity index (χ2v) is 15.1. The number of unbranched alkanes of at least 4 members (excludes halogenated alkanes) is 2. The second kappa shape index (κ2) is 17.3. The smallest absolute Gasteiger partial charge is 0.276 e. The number of aromatic nitrogens is 2. The van der Waals surface area contributed by atoms with Crippen LogP contribution >= 0.6 is 12.6 Å². The SMILES string of the molecule is C=CCCCCN(C)c1nc(C)nc(NCc2cccc(C(F)(F)C3CCN(CC)CC3)c2)c1/C=C(\C=C)C1CCN(C(C)(C)S)CC1. The van der Waals surface area contributed by atoms with Crippen LogP contribution in [0.2, 0.25) is 0 Å². The van der Waals surface area contributed by atoms with E-state index in [4.69, 9.17) is 22.6 Å². The van der Waals surface area contributed by atoms with Crippen LogP contribution in [-0.2, 0) is 12.5 Å². The quantitative estimate of drug-likeness (QED) is 0.0799. The number of aryl methyl sites for hydroxylation is 1. The fourth-order valence-corrected chi connectivity index (χ4v) is 7.26. The van der Waals surface area contributed by atoms with E-state index >= 15 is 8.78 Å². The van der Waals surface area contributed by atoms with E-state index in [2.05, 4.69) is 67.1 Å². The Morgan fingerprint density at radius 3 is 2.42 bits per heavy atom. The van der Waals surface area contributed by atoms with Crippen molar-refractivity contribution in [3.8, 4) is 0 Å². The first-order chi connectivity index (χ1) is 22.9. The summed E-state index contributed by atoms with van der Waals surface area (Å²) in [5, 5.41) is 3.53. The molecule has 0 bridgehead atoms. The standard InChI is InChI=1S/C39H58F2N6S/c1-8-11-12-13-21-45(7)37-35(27-31(9-2)32-17-24-47(25-18-32)38(5,6)48)36(43-29(4)44-37)42-28-30-15-14-16-34(26-30)39(40,41)33-19-22-46(10-3)23-20-33/h8-9,14-16,26-27,32-33,48H,1-2,10-13,17-25,28H2,3-7H3,(H,42,43,44)/b31-27+. The molecule has 1 aromatic carbocycles. The molecule has 0 atom stereocenters. The van der Waals surface area contributed by atoms with Crippen LogP contribution in [0.3, 0.4) is 0 Å². The monoisotopic (exact) mass is 680 g/mol. The summed E-state index contributed by atoms with van der Waals surface area (Å²) in [6.45, 7) is 21.9. The third-order valence-corrected chi connectivity index (χ3v) is 10.4. The molecule has 2 aliphatic heterocycles. The Labute approximate surface area is 294 Å². The molecule has 1 aromatic heterocycles. The van der Waals surface area contributed by atoms with Gasteiger partial charge in [-0.2, -0.15) is 12.6 Å². The van der Waals surface area contributed by atoms with E-state index in [1.165, 1.54) is 5.57 Å². The van der Waals surface area contributed by atoms with E-state index in [1.807, 2.05) is 25.1 Å². The van der Waals surface area contributed by atoms with Crippen molar-refractivity contribution in [3.05, 3.63) is 77.7 Å². The van der Waals surface area contributed by atoms with Gasteiger partial charge in [0.15, 0.2) is 0 Å². The zero-order valence-electron chi connectivity index (χ0n) is 29.9. The summed E-state index contributed by atoms with van der Waals surface area (Å²) in [5.41, 5.74) is 2.97. The number of anilines is 2. The highest BCUT2D eigenvalue weighted by molar-refractivity contribution is 7.81. The van der Waals surface area contributed by atoms with Crippen LogP contribution in [0.15, 0.2) is 55.1 Å². The average molecular weight is 681 g/mol. The highest BCUT2D eigenvalue weighted by Gasteiger charge is 2.42. The summed E-state index contributed by atoms with van der Waals surface area (Å²) < 4.78 is 31.6. The Balaban J connectivity index is 1.61. The molecule has 0 spiro atoms. The normalized spacial score (nSPS) is 17.8. The Morgan fingerprint density at radius 2 is 1.79 bits per heavy atom. The average Bonchev–Trinajstić information content (AvgIpc) is 3.08. The minimum Gasteiger partial charge on any atom is -0.365 e. The maximum Gasteiger partial charge on any atom is 0.276 e. The first-order valence-corrected chi connectivity index (χ1v) is 18.3. The molecule has 0 radical (unpaired) electrons. The maximum atomic E-state index is 15.8. The number of benzene rings is 1. The van der Waals surface area contributed by atoms with Crippen LogP contribution < -0.4 is 10.2 Å². The minimum atomic E-state index is -2.87. The van der Waals surface area contributed by atoms with Crippen LogP contribution in [0.5, 0.6) is 0 Å². The lowest BCUT2D eigenvalue weighted by molar-refractivity contribution is -0.0851. The molecule has 48 heavy (non-hydrogen) atoms. The molecule has 2 saturated heterocycles. The van der Waals surface area contributed by atoms with E-state index in [9.17, 15) is 0 Å². The predicted molar refractivity (Wildman–Crippen MR) is 202 cm³/mol. The molecule has 0 saturated carbocycles. The summed E-state index contributed by atoms with van der Waals surface area (Å²) in [6.07, 6.45) is 12.2. The van der Waals surface area contributed by atoms with E-state index in [1.54, 1.807) is 18.2 Å². The summed E-state index contributed by atoms with van der Waals surface area (Å²) >= 11 is 4.80. The van der Waals surface area contributed by atoms with Crippen molar-refractivity contribution in [2.75, 3.05) is 56.5 Å². The van der Waals surface area contributed by atoms with Crippen molar-refractivity contribution < 1.29 is 8.78 Å². The van der Waals surface area contributed by atoms with Crippen molar-refractivity contribution >= 4 is 30.3 Å². The van der Waals surface area contributed by atoms with Crippen molar-refractivity contribution in [2.45, 2.75) is 90.0 Å². The van der Waals surface area contributed by atoms with Gasteiger partial charge in [-0.05, 0) is 115 Å². The zero-order valence-corrected chi connectivity index (χ0v) is 30.8. The number of piperidine rings is 2. The van der Waals surface area contributed by atoms with E-state index in [0.29, 0.717) is 36.9 Å². The van der Waals surface area contributed by atoms with Crippen molar-refractivity contribution in [1.29, 1.82) is 0 Å². The number of rotatable bonds is 16. The predicted octanol–water partition coefficient (Wildman–Crippen LogP) is 8.96.